The standard InChI is InChI=1S/C23H19F2N3O/c1-28-12-16(10-14-2-6-17(24)7-3-14)22-20(13-28)21(19(11-26)23(27)29-22)15-4-8-18(25)9-5-15/h2-10,21H,12-13,27H2,1H3/p+1/b16-10+/t21-/m1/s1. The first-order valence-electron chi connectivity index (χ1n) is 9.30. The normalized spacial score (nSPS) is 22.9. The minimum atomic E-state index is -0.392. The highest BCUT2D eigenvalue weighted by molar-refractivity contribution is 5.62. The molecule has 3 N–H and O–H groups in total. The van der Waals surface area contributed by atoms with Gasteiger partial charge in [-0.25, -0.2) is 8.78 Å². The van der Waals surface area contributed by atoms with E-state index in [2.05, 4.69) is 13.1 Å². The average molecular weight is 392 g/mol. The number of allylic oxidation sites excluding steroid dienone is 1. The molecule has 6 heteroatoms. The van der Waals surface area contributed by atoms with Crippen molar-refractivity contribution >= 4 is 6.08 Å². The number of ether oxygens (including phenoxy) is 1. The second kappa shape index (κ2) is 7.53. The molecule has 0 radical (unpaired) electrons. The molecule has 2 aromatic rings. The lowest BCUT2D eigenvalue weighted by molar-refractivity contribution is -0.871. The lowest BCUT2D eigenvalue weighted by Gasteiger charge is -2.35. The first-order chi connectivity index (χ1) is 14.0. The summed E-state index contributed by atoms with van der Waals surface area (Å²) in [7, 11) is 2.05. The van der Waals surface area contributed by atoms with Crippen molar-refractivity contribution in [1.82, 2.24) is 0 Å². The summed E-state index contributed by atoms with van der Waals surface area (Å²) in [6.45, 7) is 1.36. The largest absolute Gasteiger partial charge is 0.440 e. The zero-order valence-corrected chi connectivity index (χ0v) is 15.9. The van der Waals surface area contributed by atoms with E-state index in [1.165, 1.54) is 29.2 Å². The smallest absolute Gasteiger partial charge is 0.205 e. The van der Waals surface area contributed by atoms with Crippen LogP contribution in [0.2, 0.25) is 0 Å². The van der Waals surface area contributed by atoms with Gasteiger partial charge >= 0.3 is 0 Å². The van der Waals surface area contributed by atoms with Gasteiger partial charge in [-0.05, 0) is 41.5 Å². The Hall–Kier alpha value is -3.43. The summed E-state index contributed by atoms with van der Waals surface area (Å²) in [5.41, 5.74) is 9.92. The number of quaternary nitrogens is 1. The molecule has 0 bridgehead atoms. The van der Waals surface area contributed by atoms with Crippen LogP contribution >= 0.6 is 0 Å². The van der Waals surface area contributed by atoms with Gasteiger partial charge in [0.1, 0.15) is 42.1 Å². The molecule has 0 saturated heterocycles. The van der Waals surface area contributed by atoms with E-state index in [9.17, 15) is 14.0 Å². The fourth-order valence-corrected chi connectivity index (χ4v) is 3.94. The Morgan fingerprint density at radius 2 is 1.69 bits per heavy atom. The van der Waals surface area contributed by atoms with Gasteiger partial charge in [0.25, 0.3) is 0 Å². The predicted molar refractivity (Wildman–Crippen MR) is 105 cm³/mol. The monoisotopic (exact) mass is 392 g/mol. The highest BCUT2D eigenvalue weighted by Crippen LogP contribution is 2.41. The minimum absolute atomic E-state index is 0.0603. The Morgan fingerprint density at radius 1 is 1.07 bits per heavy atom. The van der Waals surface area contributed by atoms with Gasteiger partial charge in [0, 0.05) is 11.1 Å². The van der Waals surface area contributed by atoms with Crippen LogP contribution in [-0.4, -0.2) is 20.1 Å². The number of benzene rings is 2. The van der Waals surface area contributed by atoms with E-state index in [0.717, 1.165) is 22.3 Å². The molecule has 2 aliphatic rings. The quantitative estimate of drug-likeness (QED) is 0.826. The zero-order chi connectivity index (χ0) is 20.5. The topological polar surface area (TPSA) is 63.5 Å². The fourth-order valence-electron chi connectivity index (χ4n) is 3.94. The highest BCUT2D eigenvalue weighted by atomic mass is 19.1. The Morgan fingerprint density at radius 3 is 2.31 bits per heavy atom. The van der Waals surface area contributed by atoms with Crippen molar-refractivity contribution in [1.29, 1.82) is 5.26 Å². The molecular weight excluding hydrogens is 372 g/mol. The van der Waals surface area contributed by atoms with E-state index in [4.69, 9.17) is 10.5 Å². The Balaban J connectivity index is 1.85. The first kappa shape index (κ1) is 18.9. The van der Waals surface area contributed by atoms with Crippen molar-refractivity contribution < 1.29 is 18.4 Å². The molecule has 0 aliphatic carbocycles. The third-order valence-electron chi connectivity index (χ3n) is 5.22. The molecule has 2 heterocycles. The van der Waals surface area contributed by atoms with Crippen molar-refractivity contribution in [2.75, 3.05) is 20.1 Å². The van der Waals surface area contributed by atoms with Crippen LogP contribution < -0.4 is 10.6 Å². The maximum atomic E-state index is 13.5. The number of hydrogen-bond acceptors (Lipinski definition) is 3. The molecule has 146 valence electrons. The number of hydrogen-bond donors (Lipinski definition) is 2. The highest BCUT2D eigenvalue weighted by Gasteiger charge is 2.38. The minimum Gasteiger partial charge on any atom is -0.440 e. The van der Waals surface area contributed by atoms with E-state index < -0.39 is 5.92 Å². The molecular formula is C23H20F2N3O+. The molecule has 29 heavy (non-hydrogen) atoms. The Kier molecular flexibility index (Phi) is 4.91. The molecule has 2 aliphatic heterocycles. The van der Waals surface area contributed by atoms with Crippen LogP contribution in [0.1, 0.15) is 17.0 Å². The third-order valence-corrected chi connectivity index (χ3v) is 5.22. The summed E-state index contributed by atoms with van der Waals surface area (Å²) in [4.78, 5) is 1.21. The van der Waals surface area contributed by atoms with Crippen molar-refractivity contribution in [2.45, 2.75) is 5.92 Å². The van der Waals surface area contributed by atoms with E-state index in [1.54, 1.807) is 24.3 Å². The summed E-state index contributed by atoms with van der Waals surface area (Å²) in [6, 6.07) is 14.5. The van der Waals surface area contributed by atoms with Crippen LogP contribution in [0.5, 0.6) is 0 Å². The van der Waals surface area contributed by atoms with Crippen LogP contribution in [0.25, 0.3) is 6.08 Å². The third kappa shape index (κ3) is 3.65. The predicted octanol–water partition coefficient (Wildman–Crippen LogP) is 2.64. The van der Waals surface area contributed by atoms with Gasteiger partial charge in [-0.1, -0.05) is 24.3 Å². The van der Waals surface area contributed by atoms with E-state index in [-0.39, 0.29) is 17.5 Å². The van der Waals surface area contributed by atoms with E-state index >= 15 is 0 Å². The van der Waals surface area contributed by atoms with Crippen molar-refractivity contribution in [3.8, 4) is 6.07 Å². The molecule has 0 aromatic heterocycles. The molecule has 4 nitrogen and oxygen atoms in total. The van der Waals surface area contributed by atoms with Gasteiger partial charge in [-0.15, -0.1) is 0 Å². The second-order valence-electron chi connectivity index (χ2n) is 7.36. The van der Waals surface area contributed by atoms with Gasteiger partial charge in [0.05, 0.1) is 13.0 Å². The van der Waals surface area contributed by atoms with E-state index in [1.807, 2.05) is 6.08 Å². The van der Waals surface area contributed by atoms with Gasteiger partial charge in [0.15, 0.2) is 0 Å². The van der Waals surface area contributed by atoms with Crippen LogP contribution in [0.4, 0.5) is 8.78 Å². The van der Waals surface area contributed by atoms with Crippen molar-refractivity contribution in [3.05, 3.63) is 99.7 Å². The summed E-state index contributed by atoms with van der Waals surface area (Å²) < 4.78 is 32.6. The zero-order valence-electron chi connectivity index (χ0n) is 15.9. The van der Waals surface area contributed by atoms with Crippen LogP contribution in [0.15, 0.2) is 76.9 Å². The number of nitrogens with one attached hydrogen (secondary N) is 1. The number of rotatable bonds is 2. The molecule has 4 rings (SSSR count). The number of nitriles is 1. The lowest BCUT2D eigenvalue weighted by atomic mass is 9.80. The van der Waals surface area contributed by atoms with Crippen LogP contribution in [-0.2, 0) is 4.74 Å². The summed E-state index contributed by atoms with van der Waals surface area (Å²) in [5, 5.41) is 9.71. The SMILES string of the molecule is C[NH+]1CC2=C(OC(N)=C(C#N)[C@H]2c2ccc(F)cc2)/C(=C/c2ccc(F)cc2)C1. The van der Waals surface area contributed by atoms with Gasteiger partial charge in [-0.3, -0.25) is 0 Å². The molecule has 0 amide bonds. The lowest BCUT2D eigenvalue weighted by Crippen LogP contribution is -3.10. The van der Waals surface area contributed by atoms with Crippen LogP contribution in [0.3, 0.4) is 0 Å². The number of nitrogens with zero attached hydrogens (tertiary/aromatic N) is 1. The molecule has 2 atom stereocenters. The van der Waals surface area contributed by atoms with Gasteiger partial charge in [-0.2, -0.15) is 5.26 Å². The second-order valence-corrected chi connectivity index (χ2v) is 7.36. The molecule has 0 fully saturated rings. The molecule has 0 spiro atoms. The molecule has 2 aromatic carbocycles. The van der Waals surface area contributed by atoms with Crippen molar-refractivity contribution in [3.63, 3.8) is 0 Å². The Labute approximate surface area is 167 Å². The molecule has 1 unspecified atom stereocenters. The maximum absolute atomic E-state index is 13.5. The maximum Gasteiger partial charge on any atom is 0.205 e. The summed E-state index contributed by atoms with van der Waals surface area (Å²) in [5.74, 6) is -0.324. The number of likely N-dealkylation sites (N-methyl/N-ethyl adjacent to an activating group) is 1. The Bertz CT molecular complexity index is 1080. The van der Waals surface area contributed by atoms with Crippen molar-refractivity contribution in [2.24, 2.45) is 5.73 Å². The number of halogens is 2. The van der Waals surface area contributed by atoms with E-state index in [0.29, 0.717) is 24.4 Å². The number of nitrogens with two attached hydrogens (primary N) is 1. The van der Waals surface area contributed by atoms with Crippen LogP contribution in [0, 0.1) is 23.0 Å². The summed E-state index contributed by atoms with van der Waals surface area (Å²) >= 11 is 0. The molecule has 0 saturated carbocycles. The fraction of sp³-hybridized carbons (Fsp3) is 0.174. The summed E-state index contributed by atoms with van der Waals surface area (Å²) in [6.07, 6.45) is 1.95. The van der Waals surface area contributed by atoms with Gasteiger partial charge < -0.3 is 15.4 Å². The average Bonchev–Trinajstić information content (AvgIpc) is 2.70. The van der Waals surface area contributed by atoms with Gasteiger partial charge in [0.2, 0.25) is 5.88 Å². The first-order valence-corrected chi connectivity index (χ1v) is 9.30.